The molecule has 0 unspecified atom stereocenters. The number of carbonyl (C=O) groups excluding carboxylic acids is 1. The summed E-state index contributed by atoms with van der Waals surface area (Å²) in [4.78, 5) is 27.0. The molecule has 0 saturated heterocycles. The van der Waals surface area contributed by atoms with Crippen molar-refractivity contribution in [2.75, 3.05) is 22.1 Å². The standard InChI is InChI=1S/C24H26N6O/c1-15-21(27-16(2)31)4-3-5-22(15)28-23-25-14-26-24(29-23)30-11-10-19-12-18(17-6-7-17)8-9-20(19)13-30/h3-5,8-9,12,14,17H,6-7,10-11,13H2,1-2H3,(H,27,31)(H,25,26,28,29). The highest BCUT2D eigenvalue weighted by Crippen LogP contribution is 2.41. The Morgan fingerprint density at radius 2 is 1.94 bits per heavy atom. The summed E-state index contributed by atoms with van der Waals surface area (Å²) in [5, 5.41) is 6.12. The summed E-state index contributed by atoms with van der Waals surface area (Å²) in [7, 11) is 0. The number of nitrogens with one attached hydrogen (secondary N) is 2. The molecule has 2 N–H and O–H groups in total. The molecule has 2 aliphatic rings. The molecule has 1 fully saturated rings. The lowest BCUT2D eigenvalue weighted by Gasteiger charge is -2.29. The van der Waals surface area contributed by atoms with Gasteiger partial charge < -0.3 is 15.5 Å². The molecule has 1 aromatic heterocycles. The summed E-state index contributed by atoms with van der Waals surface area (Å²) >= 11 is 0. The van der Waals surface area contributed by atoms with Crippen LogP contribution in [-0.4, -0.2) is 27.4 Å². The number of rotatable bonds is 5. The number of benzene rings is 2. The van der Waals surface area contributed by atoms with Crippen molar-refractivity contribution in [1.29, 1.82) is 0 Å². The lowest BCUT2D eigenvalue weighted by Crippen LogP contribution is -2.32. The van der Waals surface area contributed by atoms with Gasteiger partial charge in [0.25, 0.3) is 0 Å². The van der Waals surface area contributed by atoms with Gasteiger partial charge in [-0.1, -0.05) is 24.3 Å². The number of hydrogen-bond donors (Lipinski definition) is 2. The van der Waals surface area contributed by atoms with Crippen molar-refractivity contribution in [1.82, 2.24) is 15.0 Å². The van der Waals surface area contributed by atoms with Crippen LogP contribution in [-0.2, 0) is 17.8 Å². The van der Waals surface area contributed by atoms with Crippen molar-refractivity contribution >= 4 is 29.2 Å². The average Bonchev–Trinajstić information content (AvgIpc) is 3.61. The van der Waals surface area contributed by atoms with E-state index in [1.165, 1.54) is 36.5 Å². The van der Waals surface area contributed by atoms with Crippen molar-refractivity contribution in [2.45, 2.75) is 45.6 Å². The van der Waals surface area contributed by atoms with Gasteiger partial charge in [-0.15, -0.1) is 0 Å². The van der Waals surface area contributed by atoms with Gasteiger partial charge in [0.2, 0.25) is 17.8 Å². The Morgan fingerprint density at radius 3 is 2.74 bits per heavy atom. The number of anilines is 4. The van der Waals surface area contributed by atoms with Gasteiger partial charge in [0.15, 0.2) is 0 Å². The molecule has 2 heterocycles. The fourth-order valence-electron chi connectivity index (χ4n) is 4.13. The average molecular weight is 415 g/mol. The predicted molar refractivity (Wildman–Crippen MR) is 122 cm³/mol. The van der Waals surface area contributed by atoms with Crippen LogP contribution < -0.4 is 15.5 Å². The normalized spacial score (nSPS) is 15.4. The van der Waals surface area contributed by atoms with Crippen LogP contribution in [0.3, 0.4) is 0 Å². The van der Waals surface area contributed by atoms with Gasteiger partial charge in [-0.3, -0.25) is 4.79 Å². The van der Waals surface area contributed by atoms with Crippen molar-refractivity contribution in [3.05, 3.63) is 65.0 Å². The molecule has 1 aliphatic heterocycles. The molecule has 5 rings (SSSR count). The van der Waals surface area contributed by atoms with E-state index in [-0.39, 0.29) is 5.91 Å². The Bertz CT molecular complexity index is 1140. The van der Waals surface area contributed by atoms with Gasteiger partial charge in [0, 0.05) is 31.4 Å². The Hall–Kier alpha value is -3.48. The van der Waals surface area contributed by atoms with Gasteiger partial charge >= 0.3 is 0 Å². The lowest BCUT2D eigenvalue weighted by atomic mass is 9.96. The maximum absolute atomic E-state index is 11.4. The van der Waals surface area contributed by atoms with Crippen molar-refractivity contribution in [2.24, 2.45) is 0 Å². The van der Waals surface area contributed by atoms with Crippen molar-refractivity contribution < 1.29 is 4.79 Å². The van der Waals surface area contributed by atoms with E-state index in [9.17, 15) is 4.79 Å². The zero-order valence-corrected chi connectivity index (χ0v) is 17.9. The number of nitrogens with zero attached hydrogens (tertiary/aromatic N) is 4. The largest absolute Gasteiger partial charge is 0.336 e. The summed E-state index contributed by atoms with van der Waals surface area (Å²) in [5.74, 6) is 1.85. The minimum atomic E-state index is -0.0997. The number of carbonyl (C=O) groups is 1. The number of amides is 1. The Balaban J connectivity index is 1.33. The van der Waals surface area contributed by atoms with E-state index in [2.05, 4.69) is 48.7 Å². The third kappa shape index (κ3) is 4.21. The molecule has 3 aromatic rings. The second-order valence-electron chi connectivity index (χ2n) is 8.37. The monoisotopic (exact) mass is 414 g/mol. The molecule has 31 heavy (non-hydrogen) atoms. The molecule has 1 amide bonds. The van der Waals surface area contributed by atoms with E-state index in [1.54, 1.807) is 6.33 Å². The first-order valence-corrected chi connectivity index (χ1v) is 10.8. The smallest absolute Gasteiger partial charge is 0.232 e. The molecule has 1 saturated carbocycles. The van der Waals surface area contributed by atoms with E-state index in [0.717, 1.165) is 42.4 Å². The van der Waals surface area contributed by atoms with Crippen LogP contribution in [0.25, 0.3) is 0 Å². The molecule has 0 spiro atoms. The minimum Gasteiger partial charge on any atom is -0.336 e. The third-order valence-corrected chi connectivity index (χ3v) is 6.02. The number of fused-ring (bicyclic) bond motifs is 1. The number of aromatic nitrogens is 3. The van der Waals surface area contributed by atoms with Gasteiger partial charge in [-0.05, 0) is 66.5 Å². The molecule has 0 bridgehead atoms. The van der Waals surface area contributed by atoms with Crippen LogP contribution in [0.2, 0.25) is 0 Å². The van der Waals surface area contributed by atoms with Gasteiger partial charge in [-0.25, -0.2) is 9.97 Å². The zero-order valence-electron chi connectivity index (χ0n) is 17.9. The molecular formula is C24H26N6O. The second-order valence-corrected chi connectivity index (χ2v) is 8.37. The highest BCUT2D eigenvalue weighted by molar-refractivity contribution is 5.90. The van der Waals surface area contributed by atoms with Crippen LogP contribution in [0.15, 0.2) is 42.7 Å². The molecule has 7 nitrogen and oxygen atoms in total. The first-order chi connectivity index (χ1) is 15.1. The Labute approximate surface area is 181 Å². The molecule has 1 aliphatic carbocycles. The van der Waals surface area contributed by atoms with E-state index < -0.39 is 0 Å². The molecule has 7 heteroatoms. The van der Waals surface area contributed by atoms with E-state index in [4.69, 9.17) is 0 Å². The third-order valence-electron chi connectivity index (χ3n) is 6.02. The molecule has 0 radical (unpaired) electrons. The molecule has 158 valence electrons. The van der Waals surface area contributed by atoms with Crippen molar-refractivity contribution in [3.63, 3.8) is 0 Å². The zero-order chi connectivity index (χ0) is 21.4. The topological polar surface area (TPSA) is 83.0 Å². The summed E-state index contributed by atoms with van der Waals surface area (Å²) in [6, 6.07) is 12.7. The first kappa shape index (κ1) is 19.5. The maximum Gasteiger partial charge on any atom is 0.232 e. The van der Waals surface area contributed by atoms with E-state index in [0.29, 0.717) is 11.9 Å². The SMILES string of the molecule is CC(=O)Nc1cccc(Nc2ncnc(N3CCc4cc(C5CC5)ccc4C3)n2)c1C. The molecule has 0 atom stereocenters. The van der Waals surface area contributed by atoms with E-state index >= 15 is 0 Å². The fourth-order valence-corrected chi connectivity index (χ4v) is 4.13. The Kier molecular flexibility index (Phi) is 5.02. The van der Waals surface area contributed by atoms with E-state index in [1.807, 2.05) is 25.1 Å². The van der Waals surface area contributed by atoms with Crippen LogP contribution in [0, 0.1) is 6.92 Å². The minimum absolute atomic E-state index is 0.0997. The van der Waals surface area contributed by atoms with Crippen LogP contribution in [0.1, 0.15) is 47.9 Å². The van der Waals surface area contributed by atoms with Crippen molar-refractivity contribution in [3.8, 4) is 0 Å². The molecular weight excluding hydrogens is 388 g/mol. The van der Waals surface area contributed by atoms with Crippen LogP contribution in [0.4, 0.5) is 23.3 Å². The fraction of sp³-hybridized carbons (Fsp3) is 0.333. The molecule has 2 aromatic carbocycles. The van der Waals surface area contributed by atoms with Gasteiger partial charge in [-0.2, -0.15) is 4.98 Å². The highest BCUT2D eigenvalue weighted by atomic mass is 16.1. The van der Waals surface area contributed by atoms with Gasteiger partial charge in [0.1, 0.15) is 6.33 Å². The lowest BCUT2D eigenvalue weighted by molar-refractivity contribution is -0.114. The first-order valence-electron chi connectivity index (χ1n) is 10.8. The summed E-state index contributed by atoms with van der Waals surface area (Å²) in [5.41, 5.74) is 6.85. The summed E-state index contributed by atoms with van der Waals surface area (Å²) in [6.07, 6.45) is 5.21. The number of hydrogen-bond acceptors (Lipinski definition) is 6. The Morgan fingerprint density at radius 1 is 1.10 bits per heavy atom. The predicted octanol–water partition coefficient (Wildman–Crippen LogP) is 4.32. The van der Waals surface area contributed by atoms with Crippen LogP contribution in [0.5, 0.6) is 0 Å². The van der Waals surface area contributed by atoms with Crippen LogP contribution >= 0.6 is 0 Å². The summed E-state index contributed by atoms with van der Waals surface area (Å²) < 4.78 is 0. The van der Waals surface area contributed by atoms with Gasteiger partial charge in [0.05, 0.1) is 0 Å². The quantitative estimate of drug-likeness (QED) is 0.647. The second kappa shape index (κ2) is 7.98. The maximum atomic E-state index is 11.4. The highest BCUT2D eigenvalue weighted by Gasteiger charge is 2.26. The summed E-state index contributed by atoms with van der Waals surface area (Å²) in [6.45, 7) is 5.15.